The SMILES string of the molecule is CNC1CCCN(c2ccc3c(c2)C(=O)NC3=O)C1=O. The Morgan fingerprint density at radius 1 is 1.20 bits per heavy atom. The summed E-state index contributed by atoms with van der Waals surface area (Å²) in [6.45, 7) is 0.630. The van der Waals surface area contributed by atoms with Crippen molar-refractivity contribution in [3.63, 3.8) is 0 Å². The van der Waals surface area contributed by atoms with Gasteiger partial charge in [-0.2, -0.15) is 0 Å². The fraction of sp³-hybridized carbons (Fsp3) is 0.357. The Labute approximate surface area is 116 Å². The van der Waals surface area contributed by atoms with Crippen LogP contribution in [0.5, 0.6) is 0 Å². The van der Waals surface area contributed by atoms with E-state index in [2.05, 4.69) is 10.6 Å². The highest BCUT2D eigenvalue weighted by atomic mass is 16.2. The van der Waals surface area contributed by atoms with Crippen molar-refractivity contribution < 1.29 is 14.4 Å². The van der Waals surface area contributed by atoms with Crippen LogP contribution in [0.3, 0.4) is 0 Å². The van der Waals surface area contributed by atoms with Crippen molar-refractivity contribution in [2.45, 2.75) is 18.9 Å². The van der Waals surface area contributed by atoms with Gasteiger partial charge in [-0.25, -0.2) is 0 Å². The number of likely N-dealkylation sites (N-methyl/N-ethyl adjacent to an activating group) is 1. The highest BCUT2D eigenvalue weighted by molar-refractivity contribution is 6.22. The number of amides is 3. The molecule has 1 aromatic rings. The Morgan fingerprint density at radius 3 is 2.70 bits per heavy atom. The van der Waals surface area contributed by atoms with Gasteiger partial charge in [-0.05, 0) is 38.1 Å². The van der Waals surface area contributed by atoms with E-state index in [1.165, 1.54) is 0 Å². The highest BCUT2D eigenvalue weighted by Gasteiger charge is 2.31. The third-order valence-electron chi connectivity index (χ3n) is 3.82. The molecule has 2 aliphatic heterocycles. The smallest absolute Gasteiger partial charge is 0.259 e. The lowest BCUT2D eigenvalue weighted by molar-refractivity contribution is -0.121. The molecule has 20 heavy (non-hydrogen) atoms. The van der Waals surface area contributed by atoms with E-state index >= 15 is 0 Å². The Hall–Kier alpha value is -2.21. The van der Waals surface area contributed by atoms with Crippen LogP contribution in [0.2, 0.25) is 0 Å². The van der Waals surface area contributed by atoms with E-state index in [-0.39, 0.29) is 17.9 Å². The van der Waals surface area contributed by atoms with Gasteiger partial charge in [0.2, 0.25) is 5.91 Å². The van der Waals surface area contributed by atoms with Gasteiger partial charge < -0.3 is 10.2 Å². The predicted molar refractivity (Wildman–Crippen MR) is 72.7 cm³/mol. The fourth-order valence-electron chi connectivity index (χ4n) is 2.72. The Balaban J connectivity index is 1.95. The molecule has 1 atom stereocenters. The van der Waals surface area contributed by atoms with Crippen LogP contribution in [0.25, 0.3) is 0 Å². The third-order valence-corrected chi connectivity index (χ3v) is 3.82. The van der Waals surface area contributed by atoms with E-state index < -0.39 is 5.91 Å². The summed E-state index contributed by atoms with van der Waals surface area (Å²) < 4.78 is 0. The molecule has 6 heteroatoms. The van der Waals surface area contributed by atoms with E-state index in [0.717, 1.165) is 12.8 Å². The zero-order valence-electron chi connectivity index (χ0n) is 11.1. The number of imide groups is 1. The normalized spacial score (nSPS) is 21.9. The van der Waals surface area contributed by atoms with E-state index in [9.17, 15) is 14.4 Å². The molecule has 6 nitrogen and oxygen atoms in total. The minimum Gasteiger partial charge on any atom is -0.311 e. The summed E-state index contributed by atoms with van der Waals surface area (Å²) in [4.78, 5) is 37.1. The summed E-state index contributed by atoms with van der Waals surface area (Å²) in [7, 11) is 1.76. The molecular weight excluding hydrogens is 258 g/mol. The maximum absolute atomic E-state index is 12.3. The highest BCUT2D eigenvalue weighted by Crippen LogP contribution is 2.26. The van der Waals surface area contributed by atoms with Crippen molar-refractivity contribution >= 4 is 23.4 Å². The van der Waals surface area contributed by atoms with E-state index in [1.807, 2.05) is 0 Å². The quantitative estimate of drug-likeness (QED) is 0.759. The number of hydrogen-bond donors (Lipinski definition) is 2. The molecule has 0 saturated carbocycles. The zero-order valence-corrected chi connectivity index (χ0v) is 11.1. The standard InChI is InChI=1S/C14H15N3O3/c1-15-11-3-2-6-17(14(11)20)8-4-5-9-10(7-8)13(19)16-12(9)18/h4-5,7,11,15H,2-3,6H2,1H3,(H,16,18,19). The number of carbonyl (C=O) groups excluding carboxylic acids is 3. The predicted octanol–water partition coefficient (Wildman–Crippen LogP) is 0.285. The maximum atomic E-state index is 12.3. The van der Waals surface area contributed by atoms with Gasteiger partial charge in [0.05, 0.1) is 17.2 Å². The molecule has 0 bridgehead atoms. The maximum Gasteiger partial charge on any atom is 0.259 e. The van der Waals surface area contributed by atoms with Gasteiger partial charge in [0.25, 0.3) is 11.8 Å². The van der Waals surface area contributed by atoms with Crippen LogP contribution < -0.4 is 15.5 Å². The van der Waals surface area contributed by atoms with Gasteiger partial charge >= 0.3 is 0 Å². The average molecular weight is 273 g/mol. The molecule has 2 heterocycles. The largest absolute Gasteiger partial charge is 0.311 e. The van der Waals surface area contributed by atoms with E-state index in [1.54, 1.807) is 30.1 Å². The second-order valence-corrected chi connectivity index (χ2v) is 4.99. The minimum atomic E-state index is -0.401. The first-order valence-electron chi connectivity index (χ1n) is 6.60. The van der Waals surface area contributed by atoms with Crippen LogP contribution in [-0.4, -0.2) is 37.4 Å². The van der Waals surface area contributed by atoms with Crippen molar-refractivity contribution in [3.8, 4) is 0 Å². The molecule has 0 radical (unpaired) electrons. The summed E-state index contributed by atoms with van der Waals surface area (Å²) in [6.07, 6.45) is 1.72. The number of nitrogens with zero attached hydrogens (tertiary/aromatic N) is 1. The lowest BCUT2D eigenvalue weighted by atomic mass is 10.0. The van der Waals surface area contributed by atoms with Crippen molar-refractivity contribution in [3.05, 3.63) is 29.3 Å². The number of rotatable bonds is 2. The lowest BCUT2D eigenvalue weighted by Crippen LogP contribution is -2.49. The van der Waals surface area contributed by atoms with E-state index in [4.69, 9.17) is 0 Å². The molecule has 1 aromatic carbocycles. The molecule has 3 amide bonds. The summed E-state index contributed by atoms with van der Waals surface area (Å²) >= 11 is 0. The summed E-state index contributed by atoms with van der Waals surface area (Å²) in [6, 6.07) is 4.74. The molecule has 2 aliphatic rings. The van der Waals surface area contributed by atoms with Crippen LogP contribution in [0, 0.1) is 0 Å². The molecule has 1 saturated heterocycles. The van der Waals surface area contributed by atoms with Gasteiger partial charge in [-0.3, -0.25) is 19.7 Å². The Morgan fingerprint density at radius 2 is 1.95 bits per heavy atom. The summed E-state index contributed by atoms with van der Waals surface area (Å²) in [5.74, 6) is -0.778. The minimum absolute atomic E-state index is 0.00318. The first-order chi connectivity index (χ1) is 9.61. The monoisotopic (exact) mass is 273 g/mol. The first-order valence-corrected chi connectivity index (χ1v) is 6.60. The van der Waals surface area contributed by atoms with Crippen molar-refractivity contribution in [2.75, 3.05) is 18.5 Å². The second kappa shape index (κ2) is 4.72. The average Bonchev–Trinajstić information content (AvgIpc) is 2.74. The Bertz CT molecular complexity index is 612. The molecule has 0 aromatic heterocycles. The van der Waals surface area contributed by atoms with Gasteiger partial charge in [0, 0.05) is 12.2 Å². The molecule has 0 spiro atoms. The summed E-state index contributed by atoms with van der Waals surface area (Å²) in [5.41, 5.74) is 1.37. The van der Waals surface area contributed by atoms with Gasteiger partial charge in [0.1, 0.15) is 0 Å². The van der Waals surface area contributed by atoms with Gasteiger partial charge in [0.15, 0.2) is 0 Å². The van der Waals surface area contributed by atoms with Gasteiger partial charge in [-0.1, -0.05) is 0 Å². The van der Waals surface area contributed by atoms with Crippen molar-refractivity contribution in [2.24, 2.45) is 0 Å². The number of carbonyl (C=O) groups is 3. The number of benzene rings is 1. The van der Waals surface area contributed by atoms with Crippen LogP contribution in [0.4, 0.5) is 5.69 Å². The fourth-order valence-corrected chi connectivity index (χ4v) is 2.72. The van der Waals surface area contributed by atoms with Crippen LogP contribution in [0.1, 0.15) is 33.6 Å². The number of piperidine rings is 1. The molecule has 3 rings (SSSR count). The topological polar surface area (TPSA) is 78.5 Å². The van der Waals surface area contributed by atoms with Gasteiger partial charge in [-0.15, -0.1) is 0 Å². The number of hydrogen-bond acceptors (Lipinski definition) is 4. The van der Waals surface area contributed by atoms with Crippen molar-refractivity contribution in [1.82, 2.24) is 10.6 Å². The van der Waals surface area contributed by atoms with Crippen LogP contribution in [0.15, 0.2) is 18.2 Å². The number of anilines is 1. The molecule has 0 aliphatic carbocycles. The summed E-state index contributed by atoms with van der Waals surface area (Å²) in [5, 5.41) is 5.25. The first kappa shape index (κ1) is 12.8. The molecule has 2 N–H and O–H groups in total. The number of nitrogens with one attached hydrogen (secondary N) is 2. The molecule has 1 unspecified atom stereocenters. The van der Waals surface area contributed by atoms with Crippen LogP contribution >= 0.6 is 0 Å². The third kappa shape index (κ3) is 1.89. The number of fused-ring (bicyclic) bond motifs is 1. The van der Waals surface area contributed by atoms with E-state index in [0.29, 0.717) is 23.4 Å². The zero-order chi connectivity index (χ0) is 14.3. The van der Waals surface area contributed by atoms with Crippen molar-refractivity contribution in [1.29, 1.82) is 0 Å². The Kier molecular flexibility index (Phi) is 3.02. The molecule has 1 fully saturated rings. The lowest BCUT2D eigenvalue weighted by Gasteiger charge is -2.32. The van der Waals surface area contributed by atoms with Crippen LogP contribution in [-0.2, 0) is 4.79 Å². The second-order valence-electron chi connectivity index (χ2n) is 4.99. The molecule has 104 valence electrons. The molecular formula is C14H15N3O3.